The zero-order chi connectivity index (χ0) is 28.3. The van der Waals surface area contributed by atoms with Crippen molar-refractivity contribution < 1.29 is 29.8 Å². The minimum Gasteiger partial charge on any atom is -0.545 e. The second-order valence-corrected chi connectivity index (χ2v) is 14.0. The summed E-state index contributed by atoms with van der Waals surface area (Å²) >= 11 is 0. The molecule has 2 heterocycles. The van der Waals surface area contributed by atoms with Gasteiger partial charge in [0.2, 0.25) is 0 Å². The van der Waals surface area contributed by atoms with E-state index >= 15 is 0 Å². The van der Waals surface area contributed by atoms with Gasteiger partial charge in [-0.25, -0.2) is 4.99 Å². The van der Waals surface area contributed by atoms with Gasteiger partial charge in [-0.2, -0.15) is 0 Å². The SMILES string of the molecule is CN=C(N)[NH+]1CCC(CNCCO)C2(C1)C1CCC(C)C23CC(O)(C2CCC4CCCCC4O2)C(C(=O)[O-])=C3C1. The number of likely N-dealkylation sites (tertiary alicyclic amines) is 1. The van der Waals surface area contributed by atoms with Gasteiger partial charge in [0, 0.05) is 36.4 Å². The predicted molar refractivity (Wildman–Crippen MR) is 149 cm³/mol. The fourth-order valence-corrected chi connectivity index (χ4v) is 11.1. The van der Waals surface area contributed by atoms with Crippen molar-refractivity contribution in [1.82, 2.24) is 5.32 Å². The summed E-state index contributed by atoms with van der Waals surface area (Å²) in [5, 5.41) is 38.8. The molecule has 2 spiro atoms. The summed E-state index contributed by atoms with van der Waals surface area (Å²) < 4.78 is 6.69. The highest BCUT2D eigenvalue weighted by Crippen LogP contribution is 2.77. The van der Waals surface area contributed by atoms with Gasteiger partial charge in [-0.05, 0) is 81.6 Å². The molecule has 6 N–H and O–H groups in total. The molecule has 10 atom stereocenters. The quantitative estimate of drug-likeness (QED) is 0.172. The van der Waals surface area contributed by atoms with E-state index in [4.69, 9.17) is 10.5 Å². The molecule has 2 bridgehead atoms. The van der Waals surface area contributed by atoms with Gasteiger partial charge in [0.15, 0.2) is 0 Å². The molecule has 6 aliphatic rings. The van der Waals surface area contributed by atoms with Crippen molar-refractivity contribution in [2.45, 2.75) is 95.4 Å². The number of hydrogen-bond donors (Lipinski definition) is 5. The Morgan fingerprint density at radius 1 is 1.20 bits per heavy atom. The van der Waals surface area contributed by atoms with E-state index in [1.165, 1.54) is 11.3 Å². The van der Waals surface area contributed by atoms with Crippen LogP contribution >= 0.6 is 0 Å². The molecule has 2 saturated heterocycles. The maximum atomic E-state index is 13.1. The van der Waals surface area contributed by atoms with Crippen LogP contribution in [0.15, 0.2) is 16.1 Å². The van der Waals surface area contributed by atoms with Crippen LogP contribution in [0.5, 0.6) is 0 Å². The number of hydrogen-bond acceptors (Lipinski definition) is 7. The van der Waals surface area contributed by atoms with Crippen LogP contribution in [-0.4, -0.2) is 79.8 Å². The number of carboxylic acid groups (broad SMARTS) is 1. The molecule has 0 aromatic heterocycles. The van der Waals surface area contributed by atoms with Gasteiger partial charge in [0.05, 0.1) is 37.9 Å². The lowest BCUT2D eigenvalue weighted by Gasteiger charge is -2.61. The Balaban J connectivity index is 1.46. The minimum atomic E-state index is -1.55. The molecule has 2 aliphatic heterocycles. The van der Waals surface area contributed by atoms with Gasteiger partial charge < -0.3 is 35.9 Å². The van der Waals surface area contributed by atoms with Gasteiger partial charge in [-0.3, -0.25) is 4.90 Å². The maximum Gasteiger partial charge on any atom is 0.293 e. The fraction of sp³-hybridized carbons (Fsp3) is 0.871. The topological polar surface area (TPSA) is 145 Å². The van der Waals surface area contributed by atoms with Crippen LogP contribution < -0.4 is 21.1 Å². The third-order valence-electron chi connectivity index (χ3n) is 12.6. The molecule has 0 aromatic rings. The number of carboxylic acids is 1. The van der Waals surface area contributed by atoms with Crippen molar-refractivity contribution in [2.24, 2.45) is 45.2 Å². The Kier molecular flexibility index (Phi) is 7.60. The number of nitrogens with zero attached hydrogens (tertiary/aromatic N) is 1. The van der Waals surface area contributed by atoms with Crippen LogP contribution in [0, 0.1) is 34.5 Å². The van der Waals surface area contributed by atoms with Crippen LogP contribution in [-0.2, 0) is 9.53 Å². The maximum absolute atomic E-state index is 13.1. The summed E-state index contributed by atoms with van der Waals surface area (Å²) in [6.07, 6.45) is 9.88. The van der Waals surface area contributed by atoms with Crippen molar-refractivity contribution >= 4 is 11.9 Å². The summed E-state index contributed by atoms with van der Waals surface area (Å²) in [4.78, 5) is 18.6. The van der Waals surface area contributed by atoms with Gasteiger partial charge >= 0.3 is 0 Å². The lowest BCUT2D eigenvalue weighted by atomic mass is 9.45. The van der Waals surface area contributed by atoms with Crippen LogP contribution in [0.4, 0.5) is 0 Å². The Morgan fingerprint density at radius 2 is 2.00 bits per heavy atom. The Labute approximate surface area is 238 Å². The number of nitrogens with one attached hydrogen (secondary N) is 2. The van der Waals surface area contributed by atoms with Crippen LogP contribution in [0.2, 0.25) is 0 Å². The van der Waals surface area contributed by atoms with Crippen molar-refractivity contribution in [3.8, 4) is 0 Å². The summed E-state index contributed by atoms with van der Waals surface area (Å²) in [7, 11) is 1.74. The van der Waals surface area contributed by atoms with Gasteiger partial charge in [-0.15, -0.1) is 0 Å². The van der Waals surface area contributed by atoms with E-state index in [9.17, 15) is 20.1 Å². The van der Waals surface area contributed by atoms with Gasteiger partial charge in [0.25, 0.3) is 5.96 Å². The molecule has 9 nitrogen and oxygen atoms in total. The number of aliphatic carboxylic acids is 1. The molecule has 0 aromatic carbocycles. The minimum absolute atomic E-state index is 0.0818. The van der Waals surface area contributed by atoms with E-state index < -0.39 is 23.1 Å². The molecular formula is C31H50N4O5. The number of piperidine rings is 1. The van der Waals surface area contributed by atoms with Crippen LogP contribution in [0.3, 0.4) is 0 Å². The molecule has 0 radical (unpaired) electrons. The van der Waals surface area contributed by atoms with E-state index in [1.54, 1.807) is 7.05 Å². The normalized spacial score (nSPS) is 46.9. The van der Waals surface area contributed by atoms with Crippen molar-refractivity contribution in [1.29, 1.82) is 0 Å². The number of nitrogens with two attached hydrogens (primary N) is 1. The van der Waals surface area contributed by atoms with E-state index in [0.29, 0.717) is 43.6 Å². The first-order chi connectivity index (χ1) is 19.2. The van der Waals surface area contributed by atoms with E-state index in [1.807, 2.05) is 0 Å². The summed E-state index contributed by atoms with van der Waals surface area (Å²) in [6, 6.07) is 0. The number of fused-ring (bicyclic) bond motifs is 1. The number of aliphatic hydroxyl groups excluding tert-OH is 1. The largest absolute Gasteiger partial charge is 0.545 e. The molecule has 3 saturated carbocycles. The number of carbonyl (C=O) groups excluding carboxylic acids is 1. The summed E-state index contributed by atoms with van der Waals surface area (Å²) in [5.41, 5.74) is 5.32. The van der Waals surface area contributed by atoms with Crippen LogP contribution in [0.25, 0.3) is 0 Å². The third-order valence-corrected chi connectivity index (χ3v) is 12.6. The molecular weight excluding hydrogens is 508 g/mol. The Hall–Kier alpha value is -1.52. The molecule has 224 valence electrons. The number of aliphatic hydroxyl groups is 2. The first-order valence-electron chi connectivity index (χ1n) is 15.9. The zero-order valence-corrected chi connectivity index (χ0v) is 24.4. The smallest absolute Gasteiger partial charge is 0.293 e. The number of carbonyl (C=O) groups is 1. The molecule has 9 heteroatoms. The van der Waals surface area contributed by atoms with Crippen molar-refractivity contribution in [2.75, 3.05) is 39.8 Å². The first-order valence-corrected chi connectivity index (χ1v) is 15.9. The highest BCUT2D eigenvalue weighted by Gasteiger charge is 2.76. The first kappa shape index (κ1) is 28.6. The number of ether oxygens (including phenoxy) is 1. The Bertz CT molecular complexity index is 1060. The molecule has 4 aliphatic carbocycles. The average Bonchev–Trinajstić information content (AvgIpc) is 3.31. The van der Waals surface area contributed by atoms with Crippen molar-refractivity contribution in [3.63, 3.8) is 0 Å². The number of guanidine groups is 1. The molecule has 0 amide bonds. The number of quaternary nitrogens is 1. The summed E-state index contributed by atoms with van der Waals surface area (Å²) in [5.74, 6) is 0.711. The monoisotopic (exact) mass is 558 g/mol. The van der Waals surface area contributed by atoms with E-state index in [-0.39, 0.29) is 35.5 Å². The highest BCUT2D eigenvalue weighted by molar-refractivity contribution is 5.90. The third kappa shape index (κ3) is 3.98. The second-order valence-electron chi connectivity index (χ2n) is 14.0. The lowest BCUT2D eigenvalue weighted by Crippen LogP contribution is -3.19. The van der Waals surface area contributed by atoms with Crippen molar-refractivity contribution in [3.05, 3.63) is 11.1 Å². The lowest BCUT2D eigenvalue weighted by molar-refractivity contribution is -0.828. The van der Waals surface area contributed by atoms with E-state index in [0.717, 1.165) is 70.2 Å². The molecule has 10 unspecified atom stereocenters. The number of rotatable bonds is 6. The summed E-state index contributed by atoms with van der Waals surface area (Å²) in [6.45, 7) is 5.32. The predicted octanol–water partition coefficient (Wildman–Crippen LogP) is -0.241. The standard InChI is InChI=1S/C31H50N4O5/c1-19-7-9-21-15-23-26(27(37)38)31(39,25-10-8-20-5-3-4-6-24(20)40-25)17-29(19,23)30(21)18-35(28(32)33-2)13-11-22(30)16-34-12-14-36/h19-22,24-25,34,36,39H,3-18H2,1-2H3,(H2,32,33)(H,37,38). The number of allylic oxidation sites excluding steroid dienone is 1. The average molecular weight is 559 g/mol. The zero-order valence-electron chi connectivity index (χ0n) is 24.4. The second kappa shape index (κ2) is 10.6. The molecule has 6 rings (SSSR count). The van der Waals surface area contributed by atoms with Gasteiger partial charge in [0.1, 0.15) is 5.60 Å². The Morgan fingerprint density at radius 3 is 2.75 bits per heavy atom. The van der Waals surface area contributed by atoms with E-state index in [2.05, 4.69) is 17.2 Å². The molecule has 5 fully saturated rings. The highest BCUT2D eigenvalue weighted by atomic mass is 16.5. The fourth-order valence-electron chi connectivity index (χ4n) is 11.1. The van der Waals surface area contributed by atoms with Gasteiger partial charge in [-0.1, -0.05) is 25.3 Å². The van der Waals surface area contributed by atoms with Crippen LogP contribution in [0.1, 0.15) is 77.6 Å². The molecule has 40 heavy (non-hydrogen) atoms. The number of aliphatic imine (C=N–C) groups is 1.